The van der Waals surface area contributed by atoms with E-state index in [0.29, 0.717) is 6.04 Å². The summed E-state index contributed by atoms with van der Waals surface area (Å²) < 4.78 is 5.57. The molecular formula is C19H25NO. The third kappa shape index (κ3) is 3.06. The second-order valence-electron chi connectivity index (χ2n) is 6.18. The molecule has 1 atom stereocenters. The first-order valence-electron chi connectivity index (χ1n) is 8.07. The van der Waals surface area contributed by atoms with Crippen molar-refractivity contribution in [2.75, 3.05) is 7.11 Å². The van der Waals surface area contributed by atoms with Crippen LogP contribution in [0.15, 0.2) is 36.4 Å². The van der Waals surface area contributed by atoms with Gasteiger partial charge in [-0.2, -0.15) is 0 Å². The van der Waals surface area contributed by atoms with Crippen LogP contribution in [-0.4, -0.2) is 13.2 Å². The summed E-state index contributed by atoms with van der Waals surface area (Å²) in [5.41, 5.74) is 1.28. The molecule has 1 aliphatic rings. The minimum atomic E-state index is 0.580. The zero-order valence-corrected chi connectivity index (χ0v) is 13.1. The number of fused-ring (bicyclic) bond motifs is 1. The lowest BCUT2D eigenvalue weighted by Crippen LogP contribution is -2.31. The molecule has 0 aromatic heterocycles. The van der Waals surface area contributed by atoms with E-state index in [-0.39, 0.29) is 0 Å². The van der Waals surface area contributed by atoms with Crippen LogP contribution < -0.4 is 10.1 Å². The Morgan fingerprint density at radius 1 is 1.14 bits per heavy atom. The Morgan fingerprint density at radius 2 is 1.90 bits per heavy atom. The number of hydrogen-bond acceptors (Lipinski definition) is 2. The highest BCUT2D eigenvalue weighted by molar-refractivity contribution is 5.87. The number of nitrogens with one attached hydrogen (secondary N) is 1. The molecule has 0 saturated heterocycles. The van der Waals surface area contributed by atoms with Crippen LogP contribution in [0.2, 0.25) is 0 Å². The van der Waals surface area contributed by atoms with Crippen molar-refractivity contribution in [2.45, 2.75) is 45.2 Å². The van der Waals surface area contributed by atoms with E-state index in [1.807, 2.05) is 0 Å². The molecule has 21 heavy (non-hydrogen) atoms. The van der Waals surface area contributed by atoms with E-state index in [1.165, 1.54) is 42.0 Å². The van der Waals surface area contributed by atoms with Crippen LogP contribution in [0.5, 0.6) is 5.75 Å². The van der Waals surface area contributed by atoms with Crippen molar-refractivity contribution in [3.05, 3.63) is 42.0 Å². The van der Waals surface area contributed by atoms with Gasteiger partial charge in [0.2, 0.25) is 0 Å². The van der Waals surface area contributed by atoms with Crippen molar-refractivity contribution in [3.8, 4) is 5.75 Å². The average Bonchev–Trinajstić information content (AvgIpc) is 3.06. The third-order valence-corrected chi connectivity index (χ3v) is 4.93. The van der Waals surface area contributed by atoms with Crippen LogP contribution in [0.1, 0.15) is 38.2 Å². The van der Waals surface area contributed by atoms with Crippen molar-refractivity contribution >= 4 is 10.8 Å². The lowest BCUT2D eigenvalue weighted by Gasteiger charge is -2.22. The molecule has 112 valence electrons. The standard InChI is InChI=1S/C19H25NO/c1-14(15-7-3-4-8-15)20-13-18-17-10-6-5-9-16(17)11-12-19(18)21-2/h5-6,9-12,14-15,20H,3-4,7-8,13H2,1-2H3. The molecule has 2 aromatic carbocycles. The average molecular weight is 283 g/mol. The maximum atomic E-state index is 5.57. The van der Waals surface area contributed by atoms with Crippen LogP contribution in [-0.2, 0) is 6.54 Å². The fraction of sp³-hybridized carbons (Fsp3) is 0.474. The summed E-state index contributed by atoms with van der Waals surface area (Å²) in [7, 11) is 1.76. The van der Waals surface area contributed by atoms with Crippen LogP contribution in [0.4, 0.5) is 0 Å². The predicted molar refractivity (Wildman–Crippen MR) is 88.8 cm³/mol. The van der Waals surface area contributed by atoms with Crippen molar-refractivity contribution in [1.82, 2.24) is 5.32 Å². The molecule has 1 unspecified atom stereocenters. The van der Waals surface area contributed by atoms with Gasteiger partial charge in [-0.05, 0) is 42.5 Å². The Morgan fingerprint density at radius 3 is 2.67 bits per heavy atom. The highest BCUT2D eigenvalue weighted by Gasteiger charge is 2.21. The monoisotopic (exact) mass is 283 g/mol. The maximum Gasteiger partial charge on any atom is 0.123 e. The lowest BCUT2D eigenvalue weighted by atomic mass is 9.98. The Balaban J connectivity index is 1.81. The maximum absolute atomic E-state index is 5.57. The van der Waals surface area contributed by atoms with Crippen LogP contribution >= 0.6 is 0 Å². The van der Waals surface area contributed by atoms with Gasteiger partial charge in [0.15, 0.2) is 0 Å². The van der Waals surface area contributed by atoms with Crippen LogP contribution in [0, 0.1) is 5.92 Å². The lowest BCUT2D eigenvalue weighted by molar-refractivity contribution is 0.372. The molecule has 0 bridgehead atoms. The molecular weight excluding hydrogens is 258 g/mol. The highest BCUT2D eigenvalue weighted by Crippen LogP contribution is 2.30. The van der Waals surface area contributed by atoms with E-state index >= 15 is 0 Å². The first-order chi connectivity index (χ1) is 10.3. The molecule has 0 amide bonds. The van der Waals surface area contributed by atoms with E-state index in [9.17, 15) is 0 Å². The molecule has 1 N–H and O–H groups in total. The molecule has 1 aliphatic carbocycles. The van der Waals surface area contributed by atoms with Crippen molar-refractivity contribution in [3.63, 3.8) is 0 Å². The van der Waals surface area contributed by atoms with Gasteiger partial charge in [-0.15, -0.1) is 0 Å². The van der Waals surface area contributed by atoms with Gasteiger partial charge < -0.3 is 10.1 Å². The Hall–Kier alpha value is -1.54. The van der Waals surface area contributed by atoms with E-state index in [4.69, 9.17) is 4.74 Å². The Kier molecular flexibility index (Phi) is 4.45. The molecule has 1 fully saturated rings. The zero-order chi connectivity index (χ0) is 14.7. The minimum Gasteiger partial charge on any atom is -0.496 e. The number of rotatable bonds is 5. The van der Waals surface area contributed by atoms with Crippen molar-refractivity contribution in [1.29, 1.82) is 0 Å². The molecule has 2 nitrogen and oxygen atoms in total. The summed E-state index contributed by atoms with van der Waals surface area (Å²) >= 11 is 0. The fourth-order valence-electron chi connectivity index (χ4n) is 3.58. The van der Waals surface area contributed by atoms with Gasteiger partial charge in [0.25, 0.3) is 0 Å². The molecule has 2 aromatic rings. The number of ether oxygens (including phenoxy) is 1. The fourth-order valence-corrected chi connectivity index (χ4v) is 3.58. The molecule has 0 radical (unpaired) electrons. The van der Waals surface area contributed by atoms with Gasteiger partial charge in [-0.3, -0.25) is 0 Å². The van der Waals surface area contributed by atoms with E-state index in [0.717, 1.165) is 18.2 Å². The molecule has 0 aliphatic heterocycles. The summed E-state index contributed by atoms with van der Waals surface area (Å²) in [6.07, 6.45) is 5.55. The second kappa shape index (κ2) is 6.48. The smallest absolute Gasteiger partial charge is 0.123 e. The van der Waals surface area contributed by atoms with Gasteiger partial charge in [0, 0.05) is 18.2 Å². The summed E-state index contributed by atoms with van der Waals surface area (Å²) in [4.78, 5) is 0. The van der Waals surface area contributed by atoms with Crippen LogP contribution in [0.3, 0.4) is 0 Å². The Labute approximate surface area is 127 Å². The largest absolute Gasteiger partial charge is 0.496 e. The van der Waals surface area contributed by atoms with Gasteiger partial charge in [-0.25, -0.2) is 0 Å². The van der Waals surface area contributed by atoms with Crippen LogP contribution in [0.25, 0.3) is 10.8 Å². The Bertz CT molecular complexity index is 602. The number of methoxy groups -OCH3 is 1. The number of hydrogen-bond donors (Lipinski definition) is 1. The zero-order valence-electron chi connectivity index (χ0n) is 13.1. The van der Waals surface area contributed by atoms with E-state index < -0.39 is 0 Å². The quantitative estimate of drug-likeness (QED) is 0.871. The minimum absolute atomic E-state index is 0.580. The summed E-state index contributed by atoms with van der Waals surface area (Å²) in [6.45, 7) is 3.20. The van der Waals surface area contributed by atoms with Crippen molar-refractivity contribution < 1.29 is 4.74 Å². The van der Waals surface area contributed by atoms with E-state index in [2.05, 4.69) is 48.6 Å². The first-order valence-corrected chi connectivity index (χ1v) is 8.07. The molecule has 3 rings (SSSR count). The number of benzene rings is 2. The summed E-state index contributed by atoms with van der Waals surface area (Å²) in [6, 6.07) is 13.3. The second-order valence-corrected chi connectivity index (χ2v) is 6.18. The molecule has 0 spiro atoms. The summed E-state index contributed by atoms with van der Waals surface area (Å²) in [5, 5.41) is 6.30. The van der Waals surface area contributed by atoms with Gasteiger partial charge in [0.05, 0.1) is 7.11 Å². The SMILES string of the molecule is COc1ccc2ccccc2c1CNC(C)C1CCCC1. The third-order valence-electron chi connectivity index (χ3n) is 4.93. The normalized spacial score (nSPS) is 17.2. The molecule has 0 heterocycles. The topological polar surface area (TPSA) is 21.3 Å². The predicted octanol–water partition coefficient (Wildman–Crippen LogP) is 4.52. The van der Waals surface area contributed by atoms with Gasteiger partial charge >= 0.3 is 0 Å². The van der Waals surface area contributed by atoms with Gasteiger partial charge in [-0.1, -0.05) is 43.2 Å². The van der Waals surface area contributed by atoms with Crippen molar-refractivity contribution in [2.24, 2.45) is 5.92 Å². The molecule has 1 saturated carbocycles. The summed E-state index contributed by atoms with van der Waals surface area (Å²) in [5.74, 6) is 1.82. The molecule has 2 heteroatoms. The van der Waals surface area contributed by atoms with Gasteiger partial charge in [0.1, 0.15) is 5.75 Å². The van der Waals surface area contributed by atoms with E-state index in [1.54, 1.807) is 7.11 Å². The first kappa shape index (κ1) is 14.4. The highest BCUT2D eigenvalue weighted by atomic mass is 16.5.